The molecule has 0 bridgehead atoms. The van der Waals surface area contributed by atoms with E-state index in [1.54, 1.807) is 6.07 Å². The summed E-state index contributed by atoms with van der Waals surface area (Å²) in [6.45, 7) is 0. The second-order valence-corrected chi connectivity index (χ2v) is 4.17. The highest BCUT2D eigenvalue weighted by Gasteiger charge is 2.14. The van der Waals surface area contributed by atoms with Crippen LogP contribution in [0.25, 0.3) is 16.7 Å². The molecule has 1 heterocycles. The van der Waals surface area contributed by atoms with Gasteiger partial charge in [-0.15, -0.1) is 15.0 Å². The van der Waals surface area contributed by atoms with Gasteiger partial charge in [0.15, 0.2) is 11.5 Å². The summed E-state index contributed by atoms with van der Waals surface area (Å²) in [7, 11) is 3.01. The van der Waals surface area contributed by atoms with Crippen molar-refractivity contribution in [1.29, 1.82) is 0 Å². The molecule has 6 heteroatoms. The van der Waals surface area contributed by atoms with Crippen molar-refractivity contribution in [3.05, 3.63) is 36.4 Å². The van der Waals surface area contributed by atoms with Gasteiger partial charge in [-0.2, -0.15) is 0 Å². The minimum atomic E-state index is 0.00445. The van der Waals surface area contributed by atoms with Gasteiger partial charge in [0.2, 0.25) is 0 Å². The molecule has 0 aliphatic rings. The van der Waals surface area contributed by atoms with Crippen molar-refractivity contribution in [2.45, 2.75) is 0 Å². The smallest absolute Gasteiger partial charge is 0.162 e. The molecule has 3 rings (SSSR count). The van der Waals surface area contributed by atoms with E-state index < -0.39 is 0 Å². The van der Waals surface area contributed by atoms with E-state index in [1.165, 1.54) is 25.1 Å². The van der Waals surface area contributed by atoms with Gasteiger partial charge in [0.1, 0.15) is 22.5 Å². The first kappa shape index (κ1) is 12.3. The third kappa shape index (κ3) is 1.91. The average molecular weight is 271 g/mol. The molecule has 0 saturated heterocycles. The van der Waals surface area contributed by atoms with E-state index in [0.717, 1.165) is 11.0 Å². The maximum atomic E-state index is 9.78. The predicted molar refractivity (Wildman–Crippen MR) is 73.6 cm³/mol. The fourth-order valence-corrected chi connectivity index (χ4v) is 1.99. The number of benzene rings is 2. The third-order valence-corrected chi connectivity index (χ3v) is 2.98. The normalized spacial score (nSPS) is 10.7. The molecular formula is C14H13N3O3. The van der Waals surface area contributed by atoms with E-state index in [-0.39, 0.29) is 5.75 Å². The van der Waals surface area contributed by atoms with Gasteiger partial charge in [0, 0.05) is 12.1 Å². The average Bonchev–Trinajstić information content (AvgIpc) is 2.90. The topological polar surface area (TPSA) is 69.4 Å². The van der Waals surface area contributed by atoms with E-state index in [4.69, 9.17) is 9.47 Å². The van der Waals surface area contributed by atoms with E-state index in [0.29, 0.717) is 17.2 Å². The van der Waals surface area contributed by atoms with Crippen LogP contribution >= 0.6 is 0 Å². The molecule has 0 saturated carbocycles. The number of ether oxygens (including phenoxy) is 2. The highest BCUT2D eigenvalue weighted by Crippen LogP contribution is 2.35. The molecule has 2 aromatic carbocycles. The van der Waals surface area contributed by atoms with Crippen LogP contribution in [0.15, 0.2) is 36.4 Å². The number of phenolic OH excluding ortho intramolecular Hbond substituents is 1. The van der Waals surface area contributed by atoms with Gasteiger partial charge in [0.25, 0.3) is 0 Å². The number of nitrogens with zero attached hydrogens (tertiary/aromatic N) is 3. The van der Waals surface area contributed by atoms with Crippen LogP contribution in [0.3, 0.4) is 0 Å². The summed E-state index contributed by atoms with van der Waals surface area (Å²) in [6.07, 6.45) is 0. The van der Waals surface area contributed by atoms with Gasteiger partial charge in [-0.25, -0.2) is 0 Å². The lowest BCUT2D eigenvalue weighted by atomic mass is 10.2. The Morgan fingerprint density at radius 3 is 2.10 bits per heavy atom. The van der Waals surface area contributed by atoms with Crippen LogP contribution in [-0.4, -0.2) is 34.3 Å². The Morgan fingerprint density at radius 2 is 1.55 bits per heavy atom. The first-order valence-electron chi connectivity index (χ1n) is 6.00. The summed E-state index contributed by atoms with van der Waals surface area (Å²) in [5.74, 6) is 0.801. The molecule has 3 aromatic rings. The largest absolute Gasteiger partial charge is 0.504 e. The maximum absolute atomic E-state index is 9.78. The van der Waals surface area contributed by atoms with Crippen LogP contribution < -0.4 is 9.47 Å². The molecule has 0 aliphatic carbocycles. The van der Waals surface area contributed by atoms with Crippen molar-refractivity contribution in [3.8, 4) is 22.9 Å². The van der Waals surface area contributed by atoms with Crippen molar-refractivity contribution in [1.82, 2.24) is 15.0 Å². The molecule has 0 unspecified atom stereocenters. The van der Waals surface area contributed by atoms with Crippen molar-refractivity contribution in [2.24, 2.45) is 0 Å². The Kier molecular flexibility index (Phi) is 2.90. The number of rotatable bonds is 3. The second-order valence-electron chi connectivity index (χ2n) is 4.17. The van der Waals surface area contributed by atoms with Crippen LogP contribution in [0.1, 0.15) is 0 Å². The molecule has 1 aromatic heterocycles. The minimum absolute atomic E-state index is 0.00445. The fourth-order valence-electron chi connectivity index (χ4n) is 1.99. The summed E-state index contributed by atoms with van der Waals surface area (Å²) in [6, 6.07) is 10.7. The van der Waals surface area contributed by atoms with Crippen molar-refractivity contribution < 1.29 is 14.6 Å². The number of aromatic hydroxyl groups is 1. The van der Waals surface area contributed by atoms with Crippen molar-refractivity contribution in [3.63, 3.8) is 0 Å². The summed E-state index contributed by atoms with van der Waals surface area (Å²) >= 11 is 0. The number of methoxy groups -OCH3 is 2. The Balaban J connectivity index is 2.21. The standard InChI is InChI=1S/C14H13N3O3/c1-19-13-8-12(18)14(20-2)7-11(13)17-15-9-5-3-4-6-10(9)16-17/h3-8,18H,1-2H3. The van der Waals surface area contributed by atoms with Crippen LogP contribution in [0, 0.1) is 0 Å². The van der Waals surface area contributed by atoms with E-state index in [1.807, 2.05) is 24.3 Å². The molecule has 6 nitrogen and oxygen atoms in total. The Hall–Kier alpha value is -2.76. The molecule has 0 amide bonds. The lowest BCUT2D eigenvalue weighted by Gasteiger charge is -2.10. The minimum Gasteiger partial charge on any atom is -0.504 e. The Morgan fingerprint density at radius 1 is 0.950 bits per heavy atom. The number of hydrogen-bond donors (Lipinski definition) is 1. The second kappa shape index (κ2) is 4.73. The molecule has 0 atom stereocenters. The Labute approximate surface area is 115 Å². The third-order valence-electron chi connectivity index (χ3n) is 2.98. The lowest BCUT2D eigenvalue weighted by molar-refractivity contribution is 0.364. The monoisotopic (exact) mass is 271 g/mol. The van der Waals surface area contributed by atoms with Gasteiger partial charge in [0.05, 0.1) is 14.2 Å². The SMILES string of the molecule is COc1cc(-n2nc3ccccc3n2)c(OC)cc1O. The fraction of sp³-hybridized carbons (Fsp3) is 0.143. The number of fused-ring (bicyclic) bond motifs is 1. The van der Waals surface area contributed by atoms with Crippen LogP contribution in [0.2, 0.25) is 0 Å². The van der Waals surface area contributed by atoms with Crippen LogP contribution in [0.4, 0.5) is 0 Å². The number of phenols is 1. The molecule has 0 radical (unpaired) electrons. The van der Waals surface area contributed by atoms with Crippen molar-refractivity contribution >= 4 is 11.0 Å². The molecule has 0 spiro atoms. The van der Waals surface area contributed by atoms with E-state index in [2.05, 4.69) is 10.2 Å². The zero-order valence-corrected chi connectivity index (χ0v) is 11.1. The van der Waals surface area contributed by atoms with Crippen molar-refractivity contribution in [2.75, 3.05) is 14.2 Å². The first-order valence-corrected chi connectivity index (χ1v) is 6.00. The highest BCUT2D eigenvalue weighted by molar-refractivity contribution is 5.73. The molecule has 20 heavy (non-hydrogen) atoms. The van der Waals surface area contributed by atoms with Gasteiger partial charge >= 0.3 is 0 Å². The van der Waals surface area contributed by atoms with E-state index in [9.17, 15) is 5.11 Å². The highest BCUT2D eigenvalue weighted by atomic mass is 16.5. The van der Waals surface area contributed by atoms with Gasteiger partial charge in [-0.3, -0.25) is 0 Å². The van der Waals surface area contributed by atoms with Crippen LogP contribution in [0.5, 0.6) is 17.2 Å². The summed E-state index contributed by atoms with van der Waals surface area (Å²) in [5.41, 5.74) is 2.15. The van der Waals surface area contributed by atoms with Gasteiger partial charge < -0.3 is 14.6 Å². The zero-order chi connectivity index (χ0) is 14.1. The quantitative estimate of drug-likeness (QED) is 0.790. The summed E-state index contributed by atoms with van der Waals surface area (Å²) in [4.78, 5) is 1.46. The molecular weight excluding hydrogens is 258 g/mol. The Bertz CT molecular complexity index is 734. The molecule has 1 N–H and O–H groups in total. The maximum Gasteiger partial charge on any atom is 0.162 e. The summed E-state index contributed by atoms with van der Waals surface area (Å²) in [5, 5.41) is 18.5. The van der Waals surface area contributed by atoms with Gasteiger partial charge in [-0.05, 0) is 12.1 Å². The van der Waals surface area contributed by atoms with E-state index >= 15 is 0 Å². The predicted octanol–water partition coefficient (Wildman–Crippen LogP) is 2.14. The first-order chi connectivity index (χ1) is 9.72. The number of hydrogen-bond acceptors (Lipinski definition) is 5. The zero-order valence-electron chi connectivity index (χ0n) is 11.1. The molecule has 102 valence electrons. The van der Waals surface area contributed by atoms with Crippen LogP contribution in [-0.2, 0) is 0 Å². The van der Waals surface area contributed by atoms with Gasteiger partial charge in [-0.1, -0.05) is 12.1 Å². The molecule has 0 fully saturated rings. The molecule has 0 aliphatic heterocycles. The lowest BCUT2D eigenvalue weighted by Crippen LogP contribution is -2.02. The number of aromatic nitrogens is 3. The summed E-state index contributed by atoms with van der Waals surface area (Å²) < 4.78 is 10.4.